The maximum atomic E-state index is 12.6. The van der Waals surface area contributed by atoms with Crippen LogP contribution in [0.4, 0.5) is 4.79 Å². The van der Waals surface area contributed by atoms with Crippen molar-refractivity contribution in [1.82, 2.24) is 4.90 Å². The summed E-state index contributed by atoms with van der Waals surface area (Å²) in [6.07, 6.45) is 1.66. The van der Waals surface area contributed by atoms with Gasteiger partial charge in [-0.25, -0.2) is 0 Å². The Hall–Kier alpha value is -2.15. The lowest BCUT2D eigenvalue weighted by Gasteiger charge is -2.13. The lowest BCUT2D eigenvalue weighted by Crippen LogP contribution is -2.27. The summed E-state index contributed by atoms with van der Waals surface area (Å²) in [6.45, 7) is 0.274. The first-order valence-corrected chi connectivity index (χ1v) is 9.17. The summed E-state index contributed by atoms with van der Waals surface area (Å²) in [5.41, 5.74) is 1.41. The fraction of sp³-hybridized carbons (Fsp3) is 0.111. The number of imide groups is 1. The molecule has 0 N–H and O–H groups in total. The van der Waals surface area contributed by atoms with E-state index >= 15 is 0 Å². The highest BCUT2D eigenvalue weighted by atomic mass is 35.5. The number of ether oxygens (including phenoxy) is 2. The molecule has 8 heteroatoms. The zero-order valence-electron chi connectivity index (χ0n) is 13.2. The Kier molecular flexibility index (Phi) is 4.56. The zero-order valence-corrected chi connectivity index (χ0v) is 15.5. The van der Waals surface area contributed by atoms with Crippen LogP contribution in [0.1, 0.15) is 11.1 Å². The van der Waals surface area contributed by atoms with Crippen LogP contribution in [-0.2, 0) is 11.3 Å². The molecule has 2 heterocycles. The molecule has 0 radical (unpaired) electrons. The molecule has 2 amide bonds. The predicted molar refractivity (Wildman–Crippen MR) is 101 cm³/mol. The molecule has 0 aromatic heterocycles. The maximum absolute atomic E-state index is 12.6. The number of amides is 2. The van der Waals surface area contributed by atoms with Crippen LogP contribution in [0, 0.1) is 0 Å². The van der Waals surface area contributed by atoms with E-state index in [9.17, 15) is 9.59 Å². The standard InChI is InChI=1S/C18H11Cl2NO4S/c19-12-3-2-11(13(20)7-12)8-21-17(22)16(26-18(21)23)6-10-1-4-14-15(5-10)25-9-24-14/h1-7H,8-9H2/b16-6-. The van der Waals surface area contributed by atoms with Crippen LogP contribution >= 0.6 is 35.0 Å². The highest BCUT2D eigenvalue weighted by Crippen LogP contribution is 2.37. The lowest BCUT2D eigenvalue weighted by molar-refractivity contribution is -0.123. The van der Waals surface area contributed by atoms with Gasteiger partial charge >= 0.3 is 0 Å². The fourth-order valence-corrected chi connectivity index (χ4v) is 3.92. The molecule has 0 saturated carbocycles. The quantitative estimate of drug-likeness (QED) is 0.672. The minimum atomic E-state index is -0.358. The van der Waals surface area contributed by atoms with Crippen molar-refractivity contribution < 1.29 is 19.1 Å². The third-order valence-electron chi connectivity index (χ3n) is 3.91. The van der Waals surface area contributed by atoms with E-state index in [1.807, 2.05) is 0 Å². The van der Waals surface area contributed by atoms with Gasteiger partial charge in [0, 0.05) is 10.0 Å². The molecular weight excluding hydrogens is 397 g/mol. The van der Waals surface area contributed by atoms with Gasteiger partial charge in [0.25, 0.3) is 11.1 Å². The Morgan fingerprint density at radius 2 is 1.88 bits per heavy atom. The highest BCUT2D eigenvalue weighted by molar-refractivity contribution is 8.18. The summed E-state index contributed by atoms with van der Waals surface area (Å²) in [5, 5.41) is 0.569. The number of benzene rings is 2. The predicted octanol–water partition coefficient (Wildman–Crippen LogP) is 4.96. The number of hydrogen-bond donors (Lipinski definition) is 0. The minimum absolute atomic E-state index is 0.0964. The van der Waals surface area contributed by atoms with E-state index in [0.717, 1.165) is 17.3 Å². The van der Waals surface area contributed by atoms with Crippen LogP contribution in [0.15, 0.2) is 41.3 Å². The summed E-state index contributed by atoms with van der Waals surface area (Å²) < 4.78 is 10.6. The number of carbonyl (C=O) groups is 2. The molecule has 0 unspecified atom stereocenters. The Morgan fingerprint density at radius 1 is 1.08 bits per heavy atom. The van der Waals surface area contributed by atoms with E-state index < -0.39 is 0 Å². The minimum Gasteiger partial charge on any atom is -0.454 e. The molecule has 1 fully saturated rings. The van der Waals surface area contributed by atoms with Crippen LogP contribution in [0.25, 0.3) is 6.08 Å². The number of carbonyl (C=O) groups excluding carboxylic acids is 2. The third kappa shape index (κ3) is 3.28. The Bertz CT molecular complexity index is 960. The van der Waals surface area contributed by atoms with E-state index in [1.165, 1.54) is 4.90 Å². The first-order valence-electron chi connectivity index (χ1n) is 7.60. The van der Waals surface area contributed by atoms with Crippen molar-refractivity contribution in [1.29, 1.82) is 0 Å². The number of fused-ring (bicyclic) bond motifs is 1. The number of nitrogens with zero attached hydrogens (tertiary/aromatic N) is 1. The van der Waals surface area contributed by atoms with Crippen LogP contribution in [-0.4, -0.2) is 22.8 Å². The Morgan fingerprint density at radius 3 is 2.69 bits per heavy atom. The van der Waals surface area contributed by atoms with Gasteiger partial charge in [-0.2, -0.15) is 0 Å². The van der Waals surface area contributed by atoms with Crippen molar-refractivity contribution in [2.45, 2.75) is 6.54 Å². The summed E-state index contributed by atoms with van der Waals surface area (Å²) >= 11 is 12.9. The highest BCUT2D eigenvalue weighted by Gasteiger charge is 2.35. The van der Waals surface area contributed by atoms with Gasteiger partial charge in [0.05, 0.1) is 11.4 Å². The summed E-state index contributed by atoms with van der Waals surface area (Å²) in [4.78, 5) is 26.4. The SMILES string of the molecule is O=C1S/C(=C\c2ccc3c(c2)OCO3)C(=O)N1Cc1ccc(Cl)cc1Cl. The van der Waals surface area contributed by atoms with Crippen LogP contribution in [0.2, 0.25) is 10.0 Å². The second-order valence-corrected chi connectivity index (χ2v) is 7.45. The zero-order chi connectivity index (χ0) is 18.3. The molecule has 2 aliphatic rings. The maximum Gasteiger partial charge on any atom is 0.293 e. The van der Waals surface area contributed by atoms with E-state index in [0.29, 0.717) is 32.0 Å². The van der Waals surface area contributed by atoms with Gasteiger partial charge in [-0.05, 0) is 53.2 Å². The van der Waals surface area contributed by atoms with E-state index in [1.54, 1.807) is 42.5 Å². The van der Waals surface area contributed by atoms with Crippen molar-refractivity contribution >= 4 is 52.2 Å². The van der Waals surface area contributed by atoms with E-state index in [4.69, 9.17) is 32.7 Å². The largest absolute Gasteiger partial charge is 0.454 e. The second-order valence-electron chi connectivity index (χ2n) is 5.62. The molecule has 2 aromatic rings. The van der Waals surface area contributed by atoms with Gasteiger partial charge in [0.15, 0.2) is 11.5 Å². The van der Waals surface area contributed by atoms with Crippen molar-refractivity contribution in [2.24, 2.45) is 0 Å². The molecule has 2 aliphatic heterocycles. The Labute approximate surface area is 163 Å². The molecule has 0 atom stereocenters. The normalized spacial score (nSPS) is 17.5. The molecular formula is C18H11Cl2NO4S. The second kappa shape index (κ2) is 6.87. The van der Waals surface area contributed by atoms with Crippen LogP contribution < -0.4 is 9.47 Å². The molecule has 2 aromatic carbocycles. The molecule has 4 rings (SSSR count). The molecule has 1 saturated heterocycles. The average Bonchev–Trinajstić information content (AvgIpc) is 3.16. The summed E-state index contributed by atoms with van der Waals surface area (Å²) in [7, 11) is 0. The van der Waals surface area contributed by atoms with Crippen molar-refractivity contribution in [3.05, 3.63) is 62.5 Å². The smallest absolute Gasteiger partial charge is 0.293 e. The average molecular weight is 408 g/mol. The molecule has 0 spiro atoms. The van der Waals surface area contributed by atoms with Crippen molar-refractivity contribution in [3.63, 3.8) is 0 Å². The van der Waals surface area contributed by atoms with E-state index in [-0.39, 0.29) is 24.5 Å². The van der Waals surface area contributed by atoms with E-state index in [2.05, 4.69) is 0 Å². The number of hydrogen-bond acceptors (Lipinski definition) is 5. The molecule has 0 aliphatic carbocycles. The van der Waals surface area contributed by atoms with Crippen LogP contribution in [0.5, 0.6) is 11.5 Å². The van der Waals surface area contributed by atoms with Gasteiger partial charge in [-0.3, -0.25) is 14.5 Å². The number of halogens is 2. The van der Waals surface area contributed by atoms with Gasteiger partial charge in [-0.1, -0.05) is 35.3 Å². The molecule has 0 bridgehead atoms. The van der Waals surface area contributed by atoms with Gasteiger partial charge < -0.3 is 9.47 Å². The molecule has 26 heavy (non-hydrogen) atoms. The molecule has 5 nitrogen and oxygen atoms in total. The fourth-order valence-electron chi connectivity index (χ4n) is 2.61. The summed E-state index contributed by atoms with van der Waals surface area (Å²) in [6, 6.07) is 10.3. The monoisotopic (exact) mass is 407 g/mol. The van der Waals surface area contributed by atoms with Gasteiger partial charge in [0.1, 0.15) is 0 Å². The topological polar surface area (TPSA) is 55.8 Å². The lowest BCUT2D eigenvalue weighted by atomic mass is 10.1. The van der Waals surface area contributed by atoms with Crippen molar-refractivity contribution in [3.8, 4) is 11.5 Å². The van der Waals surface area contributed by atoms with Gasteiger partial charge in [0.2, 0.25) is 6.79 Å². The molecule has 132 valence electrons. The number of rotatable bonds is 3. The summed E-state index contributed by atoms with van der Waals surface area (Å²) in [5.74, 6) is 0.919. The third-order valence-corrected chi connectivity index (χ3v) is 5.41. The first-order chi connectivity index (χ1) is 12.5. The Balaban J connectivity index is 1.57. The van der Waals surface area contributed by atoms with Crippen molar-refractivity contribution in [2.75, 3.05) is 6.79 Å². The number of thioether (sulfide) groups is 1. The van der Waals surface area contributed by atoms with Gasteiger partial charge in [-0.15, -0.1) is 0 Å². The first kappa shape index (κ1) is 17.3. The van der Waals surface area contributed by atoms with Crippen LogP contribution in [0.3, 0.4) is 0 Å².